The van der Waals surface area contributed by atoms with Gasteiger partial charge in [-0.05, 0) is 69.4 Å². The predicted molar refractivity (Wildman–Crippen MR) is 241 cm³/mol. The first-order valence-electron chi connectivity index (χ1n) is 22.7. The fourth-order valence-electron chi connectivity index (χ4n) is 8.26. The van der Waals surface area contributed by atoms with Crippen LogP contribution in [0.25, 0.3) is 10.4 Å². The summed E-state index contributed by atoms with van der Waals surface area (Å²) in [5, 5.41) is 22.3. The molecule has 2 heterocycles. The molecule has 1 aromatic heterocycles. The summed E-state index contributed by atoms with van der Waals surface area (Å²) in [6.45, 7) is 14.0. The van der Waals surface area contributed by atoms with E-state index in [4.69, 9.17) is 4.74 Å². The van der Waals surface area contributed by atoms with Crippen LogP contribution in [-0.4, -0.2) is 87.6 Å². The first kappa shape index (κ1) is 49.6. The number of ether oxygens (including phenoxy) is 1. The molecule has 1 aliphatic heterocycles. The number of thiazole rings is 1. The quantitative estimate of drug-likeness (QED) is 0.0792. The number of carbonyl (C=O) groups is 5. The second-order valence-corrected chi connectivity index (χ2v) is 20.1. The number of hydrogen-bond donors (Lipinski definition) is 5. The third-order valence-electron chi connectivity index (χ3n) is 11.6. The van der Waals surface area contributed by atoms with Crippen LogP contribution in [0.1, 0.15) is 156 Å². The monoisotopic (exact) mass is 867 g/mol. The molecule has 61 heavy (non-hydrogen) atoms. The van der Waals surface area contributed by atoms with E-state index in [1.807, 2.05) is 78.2 Å². The standard InChI is InChI=1S/C47H74N6O7S/c1-32-40(61-31-50-32)35-24-22-34(23-25-35)29-49-43(57)38-28-36(54)30-53(38)44(58)41(46(2,3)4)52-39(55)21-17-12-10-8-9-11-13-18-26-48-42(56)37(27-33-19-15-14-16-20-33)51-45(59)60-47(5,6)7/h22-25,31,33,36-38,41,54H,8-21,26-30H2,1-7H3,(H,48,56)(H,49,57)(H,51,59)(H,52,55)/t36-,37-,38+,41+/m0/s1. The maximum Gasteiger partial charge on any atom is 0.408 e. The lowest BCUT2D eigenvalue weighted by atomic mass is 9.84. The topological polar surface area (TPSA) is 179 Å². The Kier molecular flexibility index (Phi) is 19.5. The van der Waals surface area contributed by atoms with E-state index >= 15 is 0 Å². The van der Waals surface area contributed by atoms with Gasteiger partial charge in [0, 0.05) is 32.5 Å². The summed E-state index contributed by atoms with van der Waals surface area (Å²) in [7, 11) is 0. The largest absolute Gasteiger partial charge is 0.444 e. The van der Waals surface area contributed by atoms with Crippen molar-refractivity contribution in [3.8, 4) is 10.4 Å². The molecule has 0 spiro atoms. The van der Waals surface area contributed by atoms with Crippen LogP contribution in [0.2, 0.25) is 0 Å². The third kappa shape index (κ3) is 17.0. The van der Waals surface area contributed by atoms with Gasteiger partial charge in [0.1, 0.15) is 23.7 Å². The SMILES string of the molecule is Cc1ncsc1-c1ccc(CNC(=O)[C@H]2C[C@H](O)CN2C(=O)[C@@H](NC(=O)CCCCCCCCCCNC(=O)[C@H](CC2CCCCC2)NC(=O)OC(C)(C)C)C(C)(C)C)cc1. The van der Waals surface area contributed by atoms with Gasteiger partial charge in [-0.2, -0.15) is 0 Å². The molecule has 1 saturated carbocycles. The second-order valence-electron chi connectivity index (χ2n) is 19.3. The summed E-state index contributed by atoms with van der Waals surface area (Å²) in [4.78, 5) is 73.0. The molecule has 14 heteroatoms. The lowest BCUT2D eigenvalue weighted by Gasteiger charge is -2.35. The molecule has 1 aliphatic carbocycles. The minimum atomic E-state index is -0.850. The van der Waals surface area contributed by atoms with E-state index in [0.29, 0.717) is 31.7 Å². The number of hydrogen-bond acceptors (Lipinski definition) is 9. The Morgan fingerprint density at radius 3 is 2.11 bits per heavy atom. The molecule has 13 nitrogen and oxygen atoms in total. The van der Waals surface area contributed by atoms with Gasteiger partial charge in [-0.15, -0.1) is 11.3 Å². The van der Waals surface area contributed by atoms with E-state index in [1.165, 1.54) is 24.2 Å². The lowest BCUT2D eigenvalue weighted by Crippen LogP contribution is -2.57. The first-order valence-corrected chi connectivity index (χ1v) is 23.6. The van der Waals surface area contributed by atoms with E-state index in [0.717, 1.165) is 79.5 Å². The van der Waals surface area contributed by atoms with E-state index < -0.39 is 41.3 Å². The lowest BCUT2D eigenvalue weighted by molar-refractivity contribution is -0.144. The Morgan fingerprint density at radius 2 is 1.51 bits per heavy atom. The van der Waals surface area contributed by atoms with Gasteiger partial charge in [0.25, 0.3) is 0 Å². The Labute approximate surface area is 368 Å². The van der Waals surface area contributed by atoms with Crippen molar-refractivity contribution in [3.63, 3.8) is 0 Å². The molecule has 4 rings (SSSR count). The Morgan fingerprint density at radius 1 is 0.869 bits per heavy atom. The average molecular weight is 867 g/mol. The van der Waals surface area contributed by atoms with Gasteiger partial charge in [0.15, 0.2) is 0 Å². The van der Waals surface area contributed by atoms with Crippen LogP contribution >= 0.6 is 11.3 Å². The molecule has 340 valence electrons. The van der Waals surface area contributed by atoms with Gasteiger partial charge in [0.05, 0.1) is 22.2 Å². The molecule has 1 aromatic carbocycles. The van der Waals surface area contributed by atoms with Crippen molar-refractivity contribution in [1.82, 2.24) is 31.2 Å². The summed E-state index contributed by atoms with van der Waals surface area (Å²) in [6, 6.07) is 5.66. The molecule has 2 fully saturated rings. The number of nitrogens with zero attached hydrogens (tertiary/aromatic N) is 2. The highest BCUT2D eigenvalue weighted by molar-refractivity contribution is 7.13. The summed E-state index contributed by atoms with van der Waals surface area (Å²) in [5.74, 6) is -0.601. The van der Waals surface area contributed by atoms with E-state index in [-0.39, 0.29) is 43.1 Å². The minimum absolute atomic E-state index is 0.0328. The van der Waals surface area contributed by atoms with Gasteiger partial charge in [-0.25, -0.2) is 9.78 Å². The normalized spacial score (nSPS) is 18.3. The summed E-state index contributed by atoms with van der Waals surface area (Å²) in [6.07, 6.45) is 13.1. The van der Waals surface area contributed by atoms with Gasteiger partial charge < -0.3 is 36.0 Å². The number of aliphatic hydroxyl groups is 1. The molecule has 5 amide bonds. The third-order valence-corrected chi connectivity index (χ3v) is 12.6. The maximum absolute atomic E-state index is 14.0. The van der Waals surface area contributed by atoms with E-state index in [2.05, 4.69) is 26.3 Å². The highest BCUT2D eigenvalue weighted by Crippen LogP contribution is 2.30. The van der Waals surface area contributed by atoms with Crippen LogP contribution in [0, 0.1) is 18.3 Å². The van der Waals surface area contributed by atoms with Crippen molar-refractivity contribution >= 4 is 41.1 Å². The number of rotatable bonds is 21. The second kappa shape index (κ2) is 24.0. The molecule has 2 aromatic rings. The predicted octanol–water partition coefficient (Wildman–Crippen LogP) is 7.72. The number of aliphatic hydroxyl groups excluding tert-OH is 1. The zero-order valence-corrected chi connectivity index (χ0v) is 38.7. The summed E-state index contributed by atoms with van der Waals surface area (Å²) < 4.78 is 5.43. The molecular formula is C47H74N6O7S. The Bertz CT molecular complexity index is 1710. The van der Waals surface area contributed by atoms with Gasteiger partial charge in [0.2, 0.25) is 23.6 Å². The number of alkyl carbamates (subject to hydrolysis) is 1. The Balaban J connectivity index is 1.12. The van der Waals surface area contributed by atoms with Crippen LogP contribution < -0.4 is 21.3 Å². The number of aromatic nitrogens is 1. The number of β-amino-alcohol motifs (C(OH)–C–C–N with tert-alkyl or cyclic N) is 1. The first-order chi connectivity index (χ1) is 28.9. The molecule has 0 bridgehead atoms. The van der Waals surface area contributed by atoms with Crippen LogP contribution in [-0.2, 0) is 30.5 Å². The molecule has 1 saturated heterocycles. The van der Waals surface area contributed by atoms with Crippen molar-refractivity contribution in [2.45, 2.75) is 188 Å². The fourth-order valence-corrected chi connectivity index (χ4v) is 9.07. The number of carbonyl (C=O) groups excluding carboxylic acids is 5. The van der Waals surface area contributed by atoms with E-state index in [1.54, 1.807) is 11.3 Å². The van der Waals surface area contributed by atoms with Crippen molar-refractivity contribution in [3.05, 3.63) is 41.0 Å². The molecule has 2 aliphatic rings. The van der Waals surface area contributed by atoms with Crippen LogP contribution in [0.5, 0.6) is 0 Å². The zero-order valence-electron chi connectivity index (χ0n) is 37.9. The van der Waals surface area contributed by atoms with Gasteiger partial charge in [-0.3, -0.25) is 19.2 Å². The number of unbranched alkanes of at least 4 members (excludes halogenated alkanes) is 7. The summed E-state index contributed by atoms with van der Waals surface area (Å²) >= 11 is 1.58. The molecule has 0 unspecified atom stereocenters. The van der Waals surface area contributed by atoms with Crippen LogP contribution in [0.15, 0.2) is 29.8 Å². The van der Waals surface area contributed by atoms with Gasteiger partial charge in [-0.1, -0.05) is 116 Å². The zero-order chi connectivity index (χ0) is 44.6. The van der Waals surface area contributed by atoms with Gasteiger partial charge >= 0.3 is 6.09 Å². The smallest absolute Gasteiger partial charge is 0.408 e. The van der Waals surface area contributed by atoms with E-state index in [9.17, 15) is 29.1 Å². The average Bonchev–Trinajstić information content (AvgIpc) is 3.82. The van der Waals surface area contributed by atoms with Crippen LogP contribution in [0.4, 0.5) is 4.79 Å². The summed E-state index contributed by atoms with van der Waals surface area (Å²) in [5.41, 5.74) is 3.53. The molecule has 5 N–H and O–H groups in total. The fraction of sp³-hybridized carbons (Fsp3) is 0.702. The van der Waals surface area contributed by atoms with Crippen molar-refractivity contribution in [1.29, 1.82) is 0 Å². The molecule has 0 radical (unpaired) electrons. The number of likely N-dealkylation sites (tertiary alicyclic amines) is 1. The highest BCUT2D eigenvalue weighted by Gasteiger charge is 2.44. The number of benzene rings is 1. The molecule has 4 atom stereocenters. The highest BCUT2D eigenvalue weighted by atomic mass is 32.1. The van der Waals surface area contributed by atoms with Crippen molar-refractivity contribution < 1.29 is 33.8 Å². The number of amides is 5. The van der Waals surface area contributed by atoms with Crippen molar-refractivity contribution in [2.24, 2.45) is 11.3 Å². The molecular weight excluding hydrogens is 793 g/mol. The maximum atomic E-state index is 14.0. The van der Waals surface area contributed by atoms with Crippen LogP contribution in [0.3, 0.4) is 0 Å². The number of aryl methyl sites for hydroxylation is 1. The van der Waals surface area contributed by atoms with Crippen molar-refractivity contribution in [2.75, 3.05) is 13.1 Å². The Hall–Kier alpha value is -4.04. The number of nitrogens with one attached hydrogen (secondary N) is 4. The minimum Gasteiger partial charge on any atom is -0.444 e.